The molecule has 1 aromatic carbocycles. The number of amides is 2. The number of imide groups is 1. The lowest BCUT2D eigenvalue weighted by Crippen LogP contribution is -2.32. The Morgan fingerprint density at radius 3 is 2.50 bits per heavy atom. The largest absolute Gasteiger partial charge is 0.491 e. The van der Waals surface area contributed by atoms with Gasteiger partial charge in [0.05, 0.1) is 11.7 Å². The van der Waals surface area contributed by atoms with Gasteiger partial charge in [0.15, 0.2) is 0 Å². The minimum Gasteiger partial charge on any atom is -0.491 e. The van der Waals surface area contributed by atoms with Crippen LogP contribution in [-0.2, 0) is 9.59 Å². The highest BCUT2D eigenvalue weighted by molar-refractivity contribution is 7.11. The van der Waals surface area contributed by atoms with E-state index in [9.17, 15) is 9.59 Å². The van der Waals surface area contributed by atoms with Crippen molar-refractivity contribution in [3.8, 4) is 5.75 Å². The van der Waals surface area contributed by atoms with Crippen LogP contribution in [0.15, 0.2) is 60.1 Å². The number of hydrogen-bond donors (Lipinski definition) is 1. The Morgan fingerprint density at radius 2 is 1.92 bits per heavy atom. The van der Waals surface area contributed by atoms with E-state index in [-0.39, 0.29) is 30.2 Å². The van der Waals surface area contributed by atoms with Crippen LogP contribution in [0.5, 0.6) is 5.75 Å². The number of rotatable bonds is 7. The van der Waals surface area contributed by atoms with Crippen molar-refractivity contribution in [2.45, 2.75) is 20.0 Å². The van der Waals surface area contributed by atoms with Gasteiger partial charge in [-0.1, -0.05) is 12.1 Å². The summed E-state index contributed by atoms with van der Waals surface area (Å²) in [6, 6.07) is 11.0. The van der Waals surface area contributed by atoms with Gasteiger partial charge in [0.2, 0.25) is 0 Å². The first-order valence-corrected chi connectivity index (χ1v) is 9.18. The lowest BCUT2D eigenvalue weighted by atomic mass is 10.2. The summed E-state index contributed by atoms with van der Waals surface area (Å²) in [6.07, 6.45) is 1.63. The molecule has 3 rings (SSSR count). The van der Waals surface area contributed by atoms with Crippen molar-refractivity contribution < 1.29 is 14.3 Å². The standard InChI is InChI=1S/C20H20N2O3S/c1-4-11-22-19(23)17(16-6-5-12-26-16)18(20(22)24)21-14-7-9-15(10-8-14)25-13(2)3/h4-10,12-13,21H,1,11H2,2-3H3. The predicted molar refractivity (Wildman–Crippen MR) is 104 cm³/mol. The second kappa shape index (κ2) is 7.58. The molecule has 6 heteroatoms. The first-order chi connectivity index (χ1) is 12.5. The highest BCUT2D eigenvalue weighted by Gasteiger charge is 2.38. The van der Waals surface area contributed by atoms with Gasteiger partial charge in [0.25, 0.3) is 11.8 Å². The zero-order valence-corrected chi connectivity index (χ0v) is 15.5. The fourth-order valence-corrected chi connectivity index (χ4v) is 3.44. The van der Waals surface area contributed by atoms with Gasteiger partial charge in [0, 0.05) is 17.1 Å². The maximum absolute atomic E-state index is 12.7. The number of anilines is 1. The zero-order valence-electron chi connectivity index (χ0n) is 14.7. The molecule has 1 aliphatic heterocycles. The Balaban J connectivity index is 1.92. The third kappa shape index (κ3) is 3.55. The topological polar surface area (TPSA) is 58.6 Å². The number of thiophene rings is 1. The Morgan fingerprint density at radius 1 is 1.19 bits per heavy atom. The second-order valence-corrected chi connectivity index (χ2v) is 7.00. The van der Waals surface area contributed by atoms with Crippen LogP contribution in [0.3, 0.4) is 0 Å². The van der Waals surface area contributed by atoms with E-state index < -0.39 is 0 Å². The summed E-state index contributed by atoms with van der Waals surface area (Å²) in [7, 11) is 0. The average Bonchev–Trinajstić information content (AvgIpc) is 3.20. The van der Waals surface area contributed by atoms with E-state index >= 15 is 0 Å². The molecule has 0 bridgehead atoms. The Hall–Kier alpha value is -2.86. The minimum atomic E-state index is -0.346. The number of nitrogens with one attached hydrogen (secondary N) is 1. The number of ether oxygens (including phenoxy) is 1. The molecule has 1 aliphatic rings. The van der Waals surface area contributed by atoms with Gasteiger partial charge < -0.3 is 10.1 Å². The lowest BCUT2D eigenvalue weighted by molar-refractivity contribution is -0.136. The van der Waals surface area contributed by atoms with Crippen molar-refractivity contribution in [2.24, 2.45) is 0 Å². The quantitative estimate of drug-likeness (QED) is 0.595. The van der Waals surface area contributed by atoms with Gasteiger partial charge in [0.1, 0.15) is 11.4 Å². The summed E-state index contributed by atoms with van der Waals surface area (Å²) in [5.74, 6) is 0.0977. The average molecular weight is 368 g/mol. The van der Waals surface area contributed by atoms with E-state index in [1.54, 1.807) is 6.08 Å². The molecular weight excluding hydrogens is 348 g/mol. The summed E-state index contributed by atoms with van der Waals surface area (Å²) < 4.78 is 5.63. The van der Waals surface area contributed by atoms with Crippen LogP contribution in [0.1, 0.15) is 18.7 Å². The van der Waals surface area contributed by atoms with Crippen molar-refractivity contribution in [1.29, 1.82) is 0 Å². The fraction of sp³-hybridized carbons (Fsp3) is 0.200. The van der Waals surface area contributed by atoms with Crippen LogP contribution in [0.4, 0.5) is 5.69 Å². The number of carbonyl (C=O) groups excluding carboxylic acids is 2. The Bertz CT molecular complexity index is 852. The molecule has 2 heterocycles. The SMILES string of the molecule is C=CCN1C(=O)C(Nc2ccc(OC(C)C)cc2)=C(c2cccs2)C1=O. The van der Waals surface area contributed by atoms with Crippen molar-refractivity contribution >= 4 is 34.4 Å². The van der Waals surface area contributed by atoms with Gasteiger partial charge in [-0.15, -0.1) is 17.9 Å². The number of benzene rings is 1. The van der Waals surface area contributed by atoms with Gasteiger partial charge in [-0.2, -0.15) is 0 Å². The molecule has 1 N–H and O–H groups in total. The molecule has 0 unspecified atom stereocenters. The van der Waals surface area contributed by atoms with Crippen LogP contribution < -0.4 is 10.1 Å². The molecule has 0 atom stereocenters. The normalized spacial score (nSPS) is 14.3. The minimum absolute atomic E-state index is 0.0865. The van der Waals surface area contributed by atoms with Crippen LogP contribution in [0.25, 0.3) is 5.57 Å². The first-order valence-electron chi connectivity index (χ1n) is 8.30. The van der Waals surface area contributed by atoms with Gasteiger partial charge in [-0.3, -0.25) is 14.5 Å². The van der Waals surface area contributed by atoms with Crippen LogP contribution in [-0.4, -0.2) is 29.4 Å². The monoisotopic (exact) mass is 368 g/mol. The lowest BCUT2D eigenvalue weighted by Gasteiger charge is -2.13. The molecule has 0 saturated heterocycles. The Kier molecular flexibility index (Phi) is 5.23. The van der Waals surface area contributed by atoms with Gasteiger partial charge >= 0.3 is 0 Å². The first kappa shape index (κ1) is 17.9. The van der Waals surface area contributed by atoms with E-state index in [0.29, 0.717) is 11.3 Å². The zero-order chi connectivity index (χ0) is 18.7. The van der Waals surface area contributed by atoms with Crippen molar-refractivity contribution in [1.82, 2.24) is 4.90 Å². The van der Waals surface area contributed by atoms with Crippen molar-refractivity contribution in [3.05, 3.63) is 65.0 Å². The molecule has 0 saturated carbocycles. The summed E-state index contributed by atoms with van der Waals surface area (Å²) >= 11 is 1.43. The number of nitrogens with zero attached hydrogens (tertiary/aromatic N) is 1. The summed E-state index contributed by atoms with van der Waals surface area (Å²) in [5.41, 5.74) is 1.40. The maximum Gasteiger partial charge on any atom is 0.278 e. The summed E-state index contributed by atoms with van der Waals surface area (Å²) in [5, 5.41) is 4.99. The van der Waals surface area contributed by atoms with Crippen molar-refractivity contribution in [3.63, 3.8) is 0 Å². The highest BCUT2D eigenvalue weighted by Crippen LogP contribution is 2.33. The molecule has 0 fully saturated rings. The van der Waals surface area contributed by atoms with Crippen LogP contribution >= 0.6 is 11.3 Å². The van der Waals surface area contributed by atoms with Crippen LogP contribution in [0.2, 0.25) is 0 Å². The maximum atomic E-state index is 12.7. The smallest absolute Gasteiger partial charge is 0.278 e. The molecule has 2 amide bonds. The fourth-order valence-electron chi connectivity index (χ4n) is 2.67. The molecule has 26 heavy (non-hydrogen) atoms. The third-order valence-electron chi connectivity index (χ3n) is 3.74. The summed E-state index contributed by atoms with van der Waals surface area (Å²) in [4.78, 5) is 27.4. The van der Waals surface area contributed by atoms with Crippen molar-refractivity contribution in [2.75, 3.05) is 11.9 Å². The van der Waals surface area contributed by atoms with E-state index in [1.165, 1.54) is 16.2 Å². The molecule has 0 aliphatic carbocycles. The molecule has 5 nitrogen and oxygen atoms in total. The molecule has 2 aromatic rings. The van der Waals surface area contributed by atoms with E-state index in [4.69, 9.17) is 4.74 Å². The van der Waals surface area contributed by atoms with E-state index in [0.717, 1.165) is 10.6 Å². The molecule has 0 spiro atoms. The molecule has 1 aromatic heterocycles. The third-order valence-corrected chi connectivity index (χ3v) is 4.63. The second-order valence-electron chi connectivity index (χ2n) is 6.05. The van der Waals surface area contributed by atoms with Crippen LogP contribution in [0, 0.1) is 0 Å². The molecule has 0 radical (unpaired) electrons. The molecular formula is C20H20N2O3S. The van der Waals surface area contributed by atoms with Gasteiger partial charge in [-0.05, 0) is 49.6 Å². The molecule has 134 valence electrons. The summed E-state index contributed by atoms with van der Waals surface area (Å²) in [6.45, 7) is 7.73. The van der Waals surface area contributed by atoms with Gasteiger partial charge in [-0.25, -0.2) is 0 Å². The number of hydrogen-bond acceptors (Lipinski definition) is 5. The Labute approximate surface area is 156 Å². The number of carbonyl (C=O) groups is 2. The van der Waals surface area contributed by atoms with E-state index in [1.807, 2.05) is 55.6 Å². The highest BCUT2D eigenvalue weighted by atomic mass is 32.1. The van der Waals surface area contributed by atoms with E-state index in [2.05, 4.69) is 11.9 Å². The predicted octanol–water partition coefficient (Wildman–Crippen LogP) is 3.91.